The number of pyridine rings is 1. The van der Waals surface area contributed by atoms with Crippen LogP contribution in [-0.4, -0.2) is 57.0 Å². The molecule has 1 aromatic carbocycles. The van der Waals surface area contributed by atoms with Crippen molar-refractivity contribution in [3.05, 3.63) is 48.4 Å². The molecule has 0 radical (unpaired) electrons. The molecule has 158 valence electrons. The molecule has 0 unspecified atom stereocenters. The Bertz CT molecular complexity index is 880. The van der Waals surface area contributed by atoms with Crippen LogP contribution < -0.4 is 14.7 Å². The molecule has 2 saturated heterocycles. The minimum atomic E-state index is -0.212. The zero-order chi connectivity index (χ0) is 20.8. The SMILES string of the molecule is N#CCCN(c1cc(N2CCOCC2)ccn1)[C@@H]1CCCN(c2cccc(F)c2)C1. The van der Waals surface area contributed by atoms with E-state index in [1.54, 1.807) is 12.1 Å². The highest BCUT2D eigenvalue weighted by atomic mass is 19.1. The fourth-order valence-corrected chi connectivity index (χ4v) is 4.35. The molecule has 0 saturated carbocycles. The number of hydrogen-bond acceptors (Lipinski definition) is 6. The molecule has 0 spiro atoms. The smallest absolute Gasteiger partial charge is 0.130 e. The first-order valence-electron chi connectivity index (χ1n) is 10.7. The van der Waals surface area contributed by atoms with E-state index >= 15 is 0 Å². The van der Waals surface area contributed by atoms with Crippen molar-refractivity contribution < 1.29 is 9.13 Å². The van der Waals surface area contributed by atoms with Crippen molar-refractivity contribution in [2.45, 2.75) is 25.3 Å². The van der Waals surface area contributed by atoms with E-state index in [4.69, 9.17) is 4.74 Å². The summed E-state index contributed by atoms with van der Waals surface area (Å²) in [5, 5.41) is 9.21. The maximum atomic E-state index is 13.7. The lowest BCUT2D eigenvalue weighted by Crippen LogP contribution is -2.49. The first-order valence-corrected chi connectivity index (χ1v) is 10.7. The molecule has 0 N–H and O–H groups in total. The highest BCUT2D eigenvalue weighted by molar-refractivity contribution is 5.56. The zero-order valence-electron chi connectivity index (χ0n) is 17.2. The zero-order valence-corrected chi connectivity index (χ0v) is 17.2. The van der Waals surface area contributed by atoms with Gasteiger partial charge in [-0.15, -0.1) is 0 Å². The van der Waals surface area contributed by atoms with Crippen molar-refractivity contribution in [1.82, 2.24) is 4.98 Å². The van der Waals surface area contributed by atoms with Crippen molar-refractivity contribution in [2.75, 3.05) is 60.6 Å². The van der Waals surface area contributed by atoms with Gasteiger partial charge in [-0.2, -0.15) is 5.26 Å². The number of halogens is 1. The van der Waals surface area contributed by atoms with Gasteiger partial charge < -0.3 is 19.4 Å². The molecule has 30 heavy (non-hydrogen) atoms. The predicted molar refractivity (Wildman–Crippen MR) is 116 cm³/mol. The van der Waals surface area contributed by atoms with E-state index in [0.717, 1.165) is 69.4 Å². The van der Waals surface area contributed by atoms with Crippen LogP contribution in [0, 0.1) is 17.1 Å². The normalized spacial score (nSPS) is 19.4. The first-order chi connectivity index (χ1) is 14.7. The third kappa shape index (κ3) is 4.82. The lowest BCUT2D eigenvalue weighted by molar-refractivity contribution is 0.122. The molecule has 2 aliphatic heterocycles. The molecule has 1 aromatic heterocycles. The van der Waals surface area contributed by atoms with E-state index in [2.05, 4.69) is 31.8 Å². The van der Waals surface area contributed by atoms with Crippen LogP contribution in [0.15, 0.2) is 42.6 Å². The number of nitriles is 1. The quantitative estimate of drug-likeness (QED) is 0.729. The molecule has 2 fully saturated rings. The molecule has 0 amide bonds. The van der Waals surface area contributed by atoms with Crippen LogP contribution in [0.2, 0.25) is 0 Å². The minimum Gasteiger partial charge on any atom is -0.378 e. The summed E-state index contributed by atoms with van der Waals surface area (Å²) in [4.78, 5) is 11.5. The largest absolute Gasteiger partial charge is 0.378 e. The summed E-state index contributed by atoms with van der Waals surface area (Å²) in [6.07, 6.45) is 4.35. The van der Waals surface area contributed by atoms with E-state index in [1.165, 1.54) is 6.07 Å². The number of rotatable bonds is 6. The molecule has 3 heterocycles. The predicted octanol–water partition coefficient (Wildman–Crippen LogP) is 3.45. The van der Waals surface area contributed by atoms with Crippen molar-refractivity contribution in [3.8, 4) is 6.07 Å². The summed E-state index contributed by atoms with van der Waals surface area (Å²) in [5.41, 5.74) is 2.05. The van der Waals surface area contributed by atoms with Gasteiger partial charge in [0.2, 0.25) is 0 Å². The average Bonchev–Trinajstić information content (AvgIpc) is 2.80. The monoisotopic (exact) mass is 409 g/mol. The van der Waals surface area contributed by atoms with Crippen LogP contribution in [0.1, 0.15) is 19.3 Å². The Morgan fingerprint density at radius 1 is 1.13 bits per heavy atom. The van der Waals surface area contributed by atoms with Crippen molar-refractivity contribution in [1.29, 1.82) is 5.26 Å². The van der Waals surface area contributed by atoms with Crippen LogP contribution in [-0.2, 0) is 4.74 Å². The molecule has 1 atom stereocenters. The van der Waals surface area contributed by atoms with Gasteiger partial charge in [-0.1, -0.05) is 6.07 Å². The van der Waals surface area contributed by atoms with Crippen LogP contribution in [0.25, 0.3) is 0 Å². The summed E-state index contributed by atoms with van der Waals surface area (Å²) in [6, 6.07) is 13.5. The van der Waals surface area contributed by atoms with Gasteiger partial charge >= 0.3 is 0 Å². The number of benzene rings is 1. The van der Waals surface area contributed by atoms with E-state index in [9.17, 15) is 9.65 Å². The number of anilines is 3. The van der Waals surface area contributed by atoms with Crippen LogP contribution in [0.3, 0.4) is 0 Å². The number of aromatic nitrogens is 1. The lowest BCUT2D eigenvalue weighted by Gasteiger charge is -2.41. The highest BCUT2D eigenvalue weighted by Gasteiger charge is 2.27. The fraction of sp³-hybridized carbons (Fsp3) is 0.478. The first kappa shape index (κ1) is 20.4. The van der Waals surface area contributed by atoms with Gasteiger partial charge in [0, 0.05) is 62.4 Å². The number of piperidine rings is 1. The van der Waals surface area contributed by atoms with Crippen LogP contribution >= 0.6 is 0 Å². The van der Waals surface area contributed by atoms with Gasteiger partial charge in [-0.3, -0.25) is 0 Å². The van der Waals surface area contributed by atoms with E-state index in [-0.39, 0.29) is 11.9 Å². The summed E-state index contributed by atoms with van der Waals surface area (Å²) < 4.78 is 19.2. The highest BCUT2D eigenvalue weighted by Crippen LogP contribution is 2.28. The van der Waals surface area contributed by atoms with Gasteiger partial charge in [0.15, 0.2) is 0 Å². The average molecular weight is 410 g/mol. The van der Waals surface area contributed by atoms with Gasteiger partial charge in [-0.25, -0.2) is 9.37 Å². The Kier molecular flexibility index (Phi) is 6.65. The molecule has 0 bridgehead atoms. The molecule has 2 aromatic rings. The number of morpholine rings is 1. The lowest BCUT2D eigenvalue weighted by atomic mass is 10.0. The fourth-order valence-electron chi connectivity index (χ4n) is 4.35. The Hall–Kier alpha value is -2.85. The van der Waals surface area contributed by atoms with Gasteiger partial charge in [0.05, 0.1) is 25.7 Å². The topological polar surface area (TPSA) is 55.6 Å². The Labute approximate surface area is 177 Å². The molecular weight excluding hydrogens is 381 g/mol. The van der Waals surface area contributed by atoms with Crippen molar-refractivity contribution in [3.63, 3.8) is 0 Å². The van der Waals surface area contributed by atoms with E-state index in [0.29, 0.717) is 13.0 Å². The molecule has 7 heteroatoms. The van der Waals surface area contributed by atoms with Gasteiger partial charge in [0.25, 0.3) is 0 Å². The Balaban J connectivity index is 1.55. The number of ether oxygens (including phenoxy) is 1. The van der Waals surface area contributed by atoms with Crippen LogP contribution in [0.5, 0.6) is 0 Å². The Morgan fingerprint density at radius 3 is 2.77 bits per heavy atom. The minimum absolute atomic E-state index is 0.212. The standard InChI is InChI=1S/C23H28FN5O/c24-19-4-1-5-20(16-19)28-10-2-6-22(18-28)29(11-3-8-25)23-17-21(7-9-26-23)27-12-14-30-15-13-27/h1,4-5,7,9,16-17,22H,2-3,6,10-15,18H2/t22-/m1/s1. The van der Waals surface area contributed by atoms with Gasteiger partial charge in [-0.05, 0) is 37.1 Å². The summed E-state index contributed by atoms with van der Waals surface area (Å²) in [5.74, 6) is 0.691. The maximum Gasteiger partial charge on any atom is 0.130 e. The van der Waals surface area contributed by atoms with E-state index in [1.807, 2.05) is 18.3 Å². The molecular formula is C23H28FN5O. The van der Waals surface area contributed by atoms with Crippen molar-refractivity contribution >= 4 is 17.2 Å². The molecule has 6 nitrogen and oxygen atoms in total. The van der Waals surface area contributed by atoms with Gasteiger partial charge in [0.1, 0.15) is 11.6 Å². The number of hydrogen-bond donors (Lipinski definition) is 0. The number of nitrogens with zero attached hydrogens (tertiary/aromatic N) is 5. The second kappa shape index (κ2) is 9.77. The Morgan fingerprint density at radius 2 is 1.97 bits per heavy atom. The maximum absolute atomic E-state index is 13.7. The third-order valence-electron chi connectivity index (χ3n) is 5.87. The second-order valence-electron chi connectivity index (χ2n) is 7.80. The van der Waals surface area contributed by atoms with E-state index < -0.39 is 0 Å². The second-order valence-corrected chi connectivity index (χ2v) is 7.80. The summed E-state index contributed by atoms with van der Waals surface area (Å²) in [7, 11) is 0. The summed E-state index contributed by atoms with van der Waals surface area (Å²) in [6.45, 7) is 5.56. The molecule has 2 aliphatic rings. The molecule has 4 rings (SSSR count). The third-order valence-corrected chi connectivity index (χ3v) is 5.87. The van der Waals surface area contributed by atoms with Crippen LogP contribution in [0.4, 0.5) is 21.6 Å². The summed E-state index contributed by atoms with van der Waals surface area (Å²) >= 11 is 0. The molecule has 0 aliphatic carbocycles. The van der Waals surface area contributed by atoms with Crippen molar-refractivity contribution in [2.24, 2.45) is 0 Å².